The van der Waals surface area contributed by atoms with Gasteiger partial charge in [0.2, 0.25) is 5.91 Å². The zero-order valence-corrected chi connectivity index (χ0v) is 16.3. The number of ether oxygens (including phenoxy) is 1. The Morgan fingerprint density at radius 1 is 1.25 bits per heavy atom. The molecule has 2 saturated heterocycles. The van der Waals surface area contributed by atoms with Gasteiger partial charge in [0, 0.05) is 25.3 Å². The summed E-state index contributed by atoms with van der Waals surface area (Å²) in [6.07, 6.45) is 0.328. The number of anilines is 1. The second-order valence-electron chi connectivity index (χ2n) is 7.53. The minimum atomic E-state index is -0.0793. The summed E-state index contributed by atoms with van der Waals surface area (Å²) >= 11 is 0. The smallest absolute Gasteiger partial charge is 0.225 e. The van der Waals surface area contributed by atoms with Gasteiger partial charge < -0.3 is 14.5 Å². The average Bonchev–Trinajstić information content (AvgIpc) is 3.04. The highest BCUT2D eigenvalue weighted by Gasteiger charge is 2.42. The molecule has 6 nitrogen and oxygen atoms in total. The van der Waals surface area contributed by atoms with Crippen molar-refractivity contribution >= 4 is 11.7 Å². The predicted octanol–water partition coefficient (Wildman–Crippen LogP) is 2.58. The summed E-state index contributed by atoms with van der Waals surface area (Å²) in [5.74, 6) is 0.816. The Bertz CT molecular complexity index is 922. The minimum Gasteiger partial charge on any atom is -0.374 e. The molecule has 6 heteroatoms. The van der Waals surface area contributed by atoms with Gasteiger partial charge >= 0.3 is 0 Å². The fraction of sp³-hybridized carbons (Fsp3) is 0.409. The highest BCUT2D eigenvalue weighted by Crippen LogP contribution is 2.30. The van der Waals surface area contributed by atoms with E-state index in [0.29, 0.717) is 44.0 Å². The standard InChI is InChI=1S/C22H24N4O2/c1-15-10-16(2)24-22(18(15)11-23)25-13-19-20(14-25)28-9-8-21(27)26(19)12-17-6-4-3-5-7-17/h3-7,10,19-20H,8-9,12-14H2,1-2H3/t19-,20-/m0/s1. The third kappa shape index (κ3) is 3.46. The number of fused-ring (bicyclic) bond motifs is 1. The van der Waals surface area contributed by atoms with Crippen LogP contribution in [0.15, 0.2) is 36.4 Å². The molecule has 1 aromatic carbocycles. The number of rotatable bonds is 3. The van der Waals surface area contributed by atoms with Gasteiger partial charge in [-0.2, -0.15) is 5.26 Å². The lowest BCUT2D eigenvalue weighted by Crippen LogP contribution is -2.45. The summed E-state index contributed by atoms with van der Waals surface area (Å²) in [6.45, 7) is 6.13. The van der Waals surface area contributed by atoms with Crippen molar-refractivity contribution in [3.63, 3.8) is 0 Å². The van der Waals surface area contributed by atoms with Crippen molar-refractivity contribution in [2.24, 2.45) is 0 Å². The molecule has 2 atom stereocenters. The van der Waals surface area contributed by atoms with Crippen LogP contribution in [0, 0.1) is 25.2 Å². The molecule has 0 spiro atoms. The topological polar surface area (TPSA) is 69.5 Å². The number of aromatic nitrogens is 1. The predicted molar refractivity (Wildman–Crippen MR) is 106 cm³/mol. The summed E-state index contributed by atoms with van der Waals surface area (Å²) in [4.78, 5) is 21.5. The molecule has 4 rings (SSSR count). The third-order valence-corrected chi connectivity index (χ3v) is 5.54. The fourth-order valence-electron chi connectivity index (χ4n) is 4.19. The minimum absolute atomic E-state index is 0.0515. The van der Waals surface area contributed by atoms with E-state index < -0.39 is 0 Å². The van der Waals surface area contributed by atoms with Crippen LogP contribution in [0.3, 0.4) is 0 Å². The van der Waals surface area contributed by atoms with Crippen molar-refractivity contribution in [2.45, 2.75) is 39.0 Å². The van der Waals surface area contributed by atoms with Crippen LogP contribution >= 0.6 is 0 Å². The molecule has 144 valence electrons. The van der Waals surface area contributed by atoms with E-state index in [4.69, 9.17) is 4.74 Å². The van der Waals surface area contributed by atoms with Crippen LogP contribution < -0.4 is 4.90 Å². The second kappa shape index (κ2) is 7.61. The van der Waals surface area contributed by atoms with Crippen molar-refractivity contribution in [1.82, 2.24) is 9.88 Å². The maximum absolute atomic E-state index is 12.8. The molecule has 1 aromatic heterocycles. The van der Waals surface area contributed by atoms with Crippen LogP contribution in [-0.4, -0.2) is 47.6 Å². The van der Waals surface area contributed by atoms with Crippen molar-refractivity contribution in [2.75, 3.05) is 24.6 Å². The first kappa shape index (κ1) is 18.5. The molecule has 28 heavy (non-hydrogen) atoms. The number of carbonyl (C=O) groups excluding carboxylic acids is 1. The summed E-state index contributed by atoms with van der Waals surface area (Å²) in [5.41, 5.74) is 3.52. The summed E-state index contributed by atoms with van der Waals surface area (Å²) < 4.78 is 6.04. The first-order chi connectivity index (χ1) is 13.6. The molecule has 2 fully saturated rings. The van der Waals surface area contributed by atoms with Crippen LogP contribution in [0.4, 0.5) is 5.82 Å². The summed E-state index contributed by atoms with van der Waals surface area (Å²) in [6, 6.07) is 14.2. The number of carbonyl (C=O) groups is 1. The van der Waals surface area contributed by atoms with Crippen LogP contribution in [0.25, 0.3) is 0 Å². The van der Waals surface area contributed by atoms with Crippen molar-refractivity contribution < 1.29 is 9.53 Å². The molecule has 0 bridgehead atoms. The normalized spacial score (nSPS) is 22.0. The van der Waals surface area contributed by atoms with Crippen LogP contribution in [0.2, 0.25) is 0 Å². The Morgan fingerprint density at radius 3 is 2.79 bits per heavy atom. The van der Waals surface area contributed by atoms with Crippen molar-refractivity contribution in [1.29, 1.82) is 5.26 Å². The zero-order chi connectivity index (χ0) is 19.7. The fourth-order valence-corrected chi connectivity index (χ4v) is 4.19. The molecule has 2 aliphatic rings. The van der Waals surface area contributed by atoms with Crippen LogP contribution in [0.5, 0.6) is 0 Å². The highest BCUT2D eigenvalue weighted by atomic mass is 16.5. The van der Waals surface area contributed by atoms with Gasteiger partial charge in [0.15, 0.2) is 0 Å². The number of hydrogen-bond donors (Lipinski definition) is 0. The van der Waals surface area contributed by atoms with E-state index in [1.54, 1.807) is 0 Å². The largest absolute Gasteiger partial charge is 0.374 e. The maximum Gasteiger partial charge on any atom is 0.225 e. The number of hydrogen-bond acceptors (Lipinski definition) is 5. The quantitative estimate of drug-likeness (QED) is 0.824. The van der Waals surface area contributed by atoms with Crippen LogP contribution in [-0.2, 0) is 16.1 Å². The monoisotopic (exact) mass is 376 g/mol. The first-order valence-corrected chi connectivity index (χ1v) is 9.65. The lowest BCUT2D eigenvalue weighted by Gasteiger charge is -2.30. The molecule has 0 saturated carbocycles. The molecule has 0 unspecified atom stereocenters. The number of benzene rings is 1. The molecule has 1 amide bonds. The Kier molecular flexibility index (Phi) is 5.01. The average molecular weight is 376 g/mol. The van der Waals surface area contributed by atoms with Gasteiger partial charge in [-0.15, -0.1) is 0 Å². The Balaban J connectivity index is 1.64. The molecule has 2 aromatic rings. The molecule has 3 heterocycles. The molecular formula is C22H24N4O2. The van der Waals surface area contributed by atoms with E-state index in [0.717, 1.165) is 16.8 Å². The number of amides is 1. The molecular weight excluding hydrogens is 352 g/mol. The van der Waals surface area contributed by atoms with Gasteiger partial charge in [-0.3, -0.25) is 4.79 Å². The molecule has 0 radical (unpaired) electrons. The van der Waals surface area contributed by atoms with Crippen LogP contribution in [0.1, 0.15) is 28.8 Å². The molecule has 0 N–H and O–H groups in total. The SMILES string of the molecule is Cc1cc(C)c(C#N)c(N2C[C@@H]3OCCC(=O)N(Cc4ccccc4)[C@H]3C2)n1. The van der Waals surface area contributed by atoms with E-state index in [9.17, 15) is 10.1 Å². The van der Waals surface area contributed by atoms with E-state index in [-0.39, 0.29) is 18.1 Å². The van der Waals surface area contributed by atoms with E-state index in [2.05, 4.69) is 16.0 Å². The van der Waals surface area contributed by atoms with Gasteiger partial charge in [0.1, 0.15) is 11.9 Å². The maximum atomic E-state index is 12.8. The first-order valence-electron chi connectivity index (χ1n) is 9.65. The lowest BCUT2D eigenvalue weighted by molar-refractivity contribution is -0.133. The number of pyridine rings is 1. The van der Waals surface area contributed by atoms with E-state index in [1.165, 1.54) is 0 Å². The number of nitrogens with zero attached hydrogens (tertiary/aromatic N) is 4. The summed E-state index contributed by atoms with van der Waals surface area (Å²) in [5, 5.41) is 9.63. The Hall–Kier alpha value is -2.91. The van der Waals surface area contributed by atoms with E-state index in [1.807, 2.05) is 55.1 Å². The van der Waals surface area contributed by atoms with E-state index >= 15 is 0 Å². The Labute approximate surface area is 165 Å². The number of nitriles is 1. The summed E-state index contributed by atoms with van der Waals surface area (Å²) in [7, 11) is 0. The van der Waals surface area contributed by atoms with Gasteiger partial charge in [-0.25, -0.2) is 4.98 Å². The molecule has 0 aliphatic carbocycles. The van der Waals surface area contributed by atoms with Gasteiger partial charge in [0.25, 0.3) is 0 Å². The third-order valence-electron chi connectivity index (χ3n) is 5.54. The Morgan fingerprint density at radius 2 is 2.04 bits per heavy atom. The molecule has 2 aliphatic heterocycles. The number of aryl methyl sites for hydroxylation is 2. The van der Waals surface area contributed by atoms with Crippen molar-refractivity contribution in [3.05, 3.63) is 58.8 Å². The second-order valence-corrected chi connectivity index (χ2v) is 7.53. The van der Waals surface area contributed by atoms with Gasteiger partial charge in [-0.05, 0) is 31.0 Å². The van der Waals surface area contributed by atoms with Gasteiger partial charge in [-0.1, -0.05) is 30.3 Å². The zero-order valence-electron chi connectivity index (χ0n) is 16.3. The highest BCUT2D eigenvalue weighted by molar-refractivity contribution is 5.77. The lowest BCUT2D eigenvalue weighted by atomic mass is 10.1. The van der Waals surface area contributed by atoms with Crippen molar-refractivity contribution in [3.8, 4) is 6.07 Å². The van der Waals surface area contributed by atoms with Gasteiger partial charge in [0.05, 0.1) is 30.7 Å².